The Hall–Kier alpha value is -3.86. The van der Waals surface area contributed by atoms with Gasteiger partial charge in [0.1, 0.15) is 34.3 Å². The Bertz CT molecular complexity index is 1320. The number of aromatic nitrogens is 2. The van der Waals surface area contributed by atoms with Gasteiger partial charge in [-0.15, -0.1) is 11.8 Å². The molecule has 4 aromatic rings. The monoisotopic (exact) mass is 446 g/mol. The number of hydrogen-bond acceptors (Lipinski definition) is 9. The fourth-order valence-corrected chi connectivity index (χ4v) is 4.74. The normalized spacial score (nSPS) is 10.5. The predicted molar refractivity (Wildman–Crippen MR) is 119 cm³/mol. The number of nitrogens with one attached hydrogen (secondary N) is 1. The number of nitrogens with zero attached hydrogens (tertiary/aromatic N) is 4. The van der Waals surface area contributed by atoms with Crippen LogP contribution in [0.5, 0.6) is 0 Å². The van der Waals surface area contributed by atoms with Crippen LogP contribution in [0.2, 0.25) is 0 Å². The average Bonchev–Trinajstić information content (AvgIpc) is 3.42. The summed E-state index contributed by atoms with van der Waals surface area (Å²) in [5.41, 5.74) is 7.37. The Morgan fingerprint density at radius 1 is 1.16 bits per heavy atom. The van der Waals surface area contributed by atoms with Gasteiger partial charge < -0.3 is 15.5 Å². The molecular formula is C21H14N6O2S2. The van der Waals surface area contributed by atoms with Gasteiger partial charge in [0.15, 0.2) is 5.13 Å². The number of nitrogens with two attached hydrogens (primary N) is 1. The number of amides is 1. The minimum absolute atomic E-state index is 0.00864. The first kappa shape index (κ1) is 20.4. The molecule has 152 valence electrons. The van der Waals surface area contributed by atoms with Crippen LogP contribution in [0.25, 0.3) is 21.5 Å². The smallest absolute Gasteiger partial charge is 0.226 e. The number of fused-ring (bicyclic) bond motifs is 1. The first-order valence-electron chi connectivity index (χ1n) is 9.06. The molecule has 0 fully saturated rings. The van der Waals surface area contributed by atoms with E-state index in [1.165, 1.54) is 29.4 Å². The summed E-state index contributed by atoms with van der Waals surface area (Å²) in [4.78, 5) is 20.9. The lowest BCUT2D eigenvalue weighted by Crippen LogP contribution is -2.12. The molecule has 1 aromatic carbocycles. The zero-order valence-electron chi connectivity index (χ0n) is 16.0. The summed E-state index contributed by atoms with van der Waals surface area (Å²) in [6, 6.07) is 15.0. The van der Waals surface area contributed by atoms with Crippen LogP contribution in [0.15, 0.2) is 52.1 Å². The topological polar surface area (TPSA) is 142 Å². The van der Waals surface area contributed by atoms with Gasteiger partial charge in [-0.3, -0.25) is 4.79 Å². The molecule has 4 rings (SSSR count). The fourth-order valence-electron chi connectivity index (χ4n) is 2.92. The van der Waals surface area contributed by atoms with Gasteiger partial charge in [0, 0.05) is 12.2 Å². The van der Waals surface area contributed by atoms with Gasteiger partial charge in [-0.1, -0.05) is 23.5 Å². The van der Waals surface area contributed by atoms with Gasteiger partial charge >= 0.3 is 0 Å². The Kier molecular flexibility index (Phi) is 5.85. The molecule has 0 aliphatic rings. The number of benzene rings is 1. The molecule has 3 heterocycles. The lowest BCUT2D eigenvalue weighted by Gasteiger charge is -2.11. The van der Waals surface area contributed by atoms with Gasteiger partial charge in [0.2, 0.25) is 5.91 Å². The molecule has 0 bridgehead atoms. The zero-order valence-corrected chi connectivity index (χ0v) is 17.6. The zero-order chi connectivity index (χ0) is 21.8. The number of hydrogen-bond donors (Lipinski definition) is 2. The van der Waals surface area contributed by atoms with Crippen molar-refractivity contribution < 1.29 is 9.21 Å². The van der Waals surface area contributed by atoms with Gasteiger partial charge in [-0.2, -0.15) is 10.5 Å². The number of thioether (sulfide) groups is 1. The van der Waals surface area contributed by atoms with E-state index < -0.39 is 0 Å². The Labute approximate surface area is 185 Å². The van der Waals surface area contributed by atoms with Crippen LogP contribution in [-0.4, -0.2) is 21.6 Å². The standard InChI is InChI=1S/C21H14N6O2S2/c22-10-12-18(15-5-3-8-29-15)13(11-23)20(27-19(12)24)30-9-7-17(28)26-21-25-14-4-1-2-6-16(14)31-21/h1-6,8H,7,9H2,(H2,24,27)(H,25,26,28). The number of carbonyl (C=O) groups is 1. The highest BCUT2D eigenvalue weighted by atomic mass is 32.2. The first-order valence-corrected chi connectivity index (χ1v) is 10.9. The second-order valence-electron chi connectivity index (χ2n) is 6.26. The highest BCUT2D eigenvalue weighted by molar-refractivity contribution is 7.99. The average molecular weight is 447 g/mol. The van der Waals surface area contributed by atoms with E-state index in [0.29, 0.717) is 27.2 Å². The Balaban J connectivity index is 1.49. The van der Waals surface area contributed by atoms with Crippen molar-refractivity contribution in [3.63, 3.8) is 0 Å². The molecule has 0 saturated heterocycles. The molecule has 0 radical (unpaired) electrons. The summed E-state index contributed by atoms with van der Waals surface area (Å²) >= 11 is 2.62. The Morgan fingerprint density at radius 2 is 1.97 bits per heavy atom. The van der Waals surface area contributed by atoms with E-state index in [9.17, 15) is 15.3 Å². The van der Waals surface area contributed by atoms with Crippen molar-refractivity contribution in [3.8, 4) is 23.5 Å². The lowest BCUT2D eigenvalue weighted by atomic mass is 10.0. The van der Waals surface area contributed by atoms with Gasteiger partial charge in [-0.05, 0) is 24.3 Å². The number of thiazole rings is 1. The Morgan fingerprint density at radius 3 is 2.68 bits per heavy atom. The summed E-state index contributed by atoms with van der Waals surface area (Å²) in [5, 5.41) is 22.8. The third-order valence-corrected chi connectivity index (χ3v) is 6.22. The quantitative estimate of drug-likeness (QED) is 0.415. The van der Waals surface area contributed by atoms with E-state index in [1.807, 2.05) is 30.3 Å². The maximum absolute atomic E-state index is 12.3. The summed E-state index contributed by atoms with van der Waals surface area (Å²) in [6.45, 7) is 0. The van der Waals surface area contributed by atoms with Crippen molar-refractivity contribution in [2.45, 2.75) is 11.4 Å². The molecule has 3 N–H and O–H groups in total. The number of anilines is 2. The summed E-state index contributed by atoms with van der Waals surface area (Å²) in [6.07, 6.45) is 1.64. The number of nitriles is 2. The van der Waals surface area contributed by atoms with Crippen LogP contribution < -0.4 is 11.1 Å². The van der Waals surface area contributed by atoms with Crippen molar-refractivity contribution in [1.82, 2.24) is 9.97 Å². The molecule has 0 aliphatic heterocycles. The van der Waals surface area contributed by atoms with Crippen LogP contribution in [0.1, 0.15) is 17.5 Å². The van der Waals surface area contributed by atoms with Crippen LogP contribution in [0.4, 0.5) is 10.9 Å². The highest BCUT2D eigenvalue weighted by Gasteiger charge is 2.22. The van der Waals surface area contributed by atoms with Crippen LogP contribution in [-0.2, 0) is 4.79 Å². The SMILES string of the molecule is N#Cc1c(N)nc(SCCC(=O)Nc2nc3ccccc3s2)c(C#N)c1-c1ccco1. The van der Waals surface area contributed by atoms with Crippen molar-refractivity contribution in [3.05, 3.63) is 53.8 Å². The molecule has 0 saturated carbocycles. The second-order valence-corrected chi connectivity index (χ2v) is 8.38. The summed E-state index contributed by atoms with van der Waals surface area (Å²) < 4.78 is 6.38. The van der Waals surface area contributed by atoms with Crippen LogP contribution in [0, 0.1) is 22.7 Å². The molecule has 1 amide bonds. The van der Waals surface area contributed by atoms with E-state index in [0.717, 1.165) is 10.2 Å². The molecule has 0 unspecified atom stereocenters. The maximum Gasteiger partial charge on any atom is 0.226 e. The molecule has 3 aromatic heterocycles. The minimum Gasteiger partial charge on any atom is -0.464 e. The number of furan rings is 1. The molecule has 8 nitrogen and oxygen atoms in total. The van der Waals surface area contributed by atoms with Crippen LogP contribution >= 0.6 is 23.1 Å². The van der Waals surface area contributed by atoms with Gasteiger partial charge in [-0.25, -0.2) is 9.97 Å². The van der Waals surface area contributed by atoms with Crippen molar-refractivity contribution >= 4 is 50.2 Å². The number of nitrogen functional groups attached to an aromatic ring is 1. The van der Waals surface area contributed by atoms with E-state index in [4.69, 9.17) is 10.2 Å². The number of pyridine rings is 1. The lowest BCUT2D eigenvalue weighted by molar-refractivity contribution is -0.115. The van der Waals surface area contributed by atoms with E-state index in [-0.39, 0.29) is 29.3 Å². The number of rotatable bonds is 6. The predicted octanol–water partition coefficient (Wildman–Crippen LogP) is 4.40. The largest absolute Gasteiger partial charge is 0.464 e. The number of para-hydroxylation sites is 1. The van der Waals surface area contributed by atoms with Crippen molar-refractivity contribution in [1.29, 1.82) is 10.5 Å². The van der Waals surface area contributed by atoms with Gasteiger partial charge in [0.25, 0.3) is 0 Å². The first-order chi connectivity index (χ1) is 15.1. The molecular weight excluding hydrogens is 432 g/mol. The third kappa shape index (κ3) is 4.21. The van der Waals surface area contributed by atoms with E-state index in [1.54, 1.807) is 12.1 Å². The second kappa shape index (κ2) is 8.88. The molecule has 0 aliphatic carbocycles. The van der Waals surface area contributed by atoms with Gasteiger partial charge in [0.05, 0.1) is 27.6 Å². The highest BCUT2D eigenvalue weighted by Crippen LogP contribution is 2.36. The third-order valence-electron chi connectivity index (χ3n) is 4.29. The minimum atomic E-state index is -0.196. The molecule has 31 heavy (non-hydrogen) atoms. The van der Waals surface area contributed by atoms with E-state index >= 15 is 0 Å². The van der Waals surface area contributed by atoms with Crippen molar-refractivity contribution in [2.24, 2.45) is 0 Å². The number of carbonyl (C=O) groups excluding carboxylic acids is 1. The van der Waals surface area contributed by atoms with E-state index in [2.05, 4.69) is 21.4 Å². The molecule has 0 spiro atoms. The van der Waals surface area contributed by atoms with Crippen molar-refractivity contribution in [2.75, 3.05) is 16.8 Å². The molecule has 0 atom stereocenters. The summed E-state index contributed by atoms with van der Waals surface area (Å²) in [5.74, 6) is 0.534. The molecule has 10 heteroatoms. The fraction of sp³-hybridized carbons (Fsp3) is 0.0952. The summed E-state index contributed by atoms with van der Waals surface area (Å²) in [7, 11) is 0. The van der Waals surface area contributed by atoms with Crippen LogP contribution in [0.3, 0.4) is 0 Å². The maximum atomic E-state index is 12.3.